The largest absolute Gasteiger partial charge is 0.481 e. The Hall–Kier alpha value is -2.51. The third kappa shape index (κ3) is 3.18. The van der Waals surface area contributed by atoms with E-state index in [9.17, 15) is 9.90 Å². The molecular weight excluding hydrogens is 408 g/mol. The summed E-state index contributed by atoms with van der Waals surface area (Å²) in [6.07, 6.45) is 0.439. The van der Waals surface area contributed by atoms with Crippen LogP contribution >= 0.6 is 22.9 Å². The Labute approximate surface area is 177 Å². The summed E-state index contributed by atoms with van der Waals surface area (Å²) in [5.74, 6) is -0.291. The second kappa shape index (κ2) is 7.39. The number of aryl methyl sites for hydroxylation is 2. The van der Waals surface area contributed by atoms with E-state index < -0.39 is 17.9 Å². The monoisotopic (exact) mass is 428 g/mol. The van der Waals surface area contributed by atoms with Crippen molar-refractivity contribution in [1.82, 2.24) is 14.8 Å². The van der Waals surface area contributed by atoms with Gasteiger partial charge in [-0.05, 0) is 44.9 Å². The molecule has 2 atom stereocenters. The predicted octanol–water partition coefficient (Wildman–Crippen LogP) is 4.91. The summed E-state index contributed by atoms with van der Waals surface area (Å²) < 4.78 is 1.97. The van der Waals surface area contributed by atoms with Crippen molar-refractivity contribution < 1.29 is 9.90 Å². The van der Waals surface area contributed by atoms with Gasteiger partial charge in [-0.2, -0.15) is 0 Å². The van der Waals surface area contributed by atoms with E-state index in [2.05, 4.69) is 24.0 Å². The lowest BCUT2D eigenvalue weighted by Crippen LogP contribution is -2.23. The van der Waals surface area contributed by atoms with E-state index in [1.165, 1.54) is 4.88 Å². The molecule has 1 aliphatic rings. The van der Waals surface area contributed by atoms with Gasteiger partial charge in [0.05, 0.1) is 11.6 Å². The lowest BCUT2D eigenvalue weighted by Gasteiger charge is -2.18. The first-order valence-electron chi connectivity index (χ1n) is 9.42. The number of fused-ring (bicyclic) bond motifs is 3. The second-order valence-corrected chi connectivity index (χ2v) is 8.83. The van der Waals surface area contributed by atoms with Crippen molar-refractivity contribution in [1.29, 1.82) is 0 Å². The van der Waals surface area contributed by atoms with Crippen LogP contribution in [-0.4, -0.2) is 31.6 Å². The molecule has 1 aromatic carbocycles. The van der Waals surface area contributed by atoms with Crippen LogP contribution in [0.15, 0.2) is 29.3 Å². The molecule has 0 saturated carbocycles. The molecule has 0 aliphatic carbocycles. The third-order valence-corrected chi connectivity index (χ3v) is 6.89. The van der Waals surface area contributed by atoms with Gasteiger partial charge in [-0.1, -0.05) is 30.7 Å². The average Bonchev–Trinajstić information content (AvgIpc) is 3.14. The normalized spacial score (nSPS) is 16.6. The van der Waals surface area contributed by atoms with Crippen LogP contribution in [0, 0.1) is 26.7 Å². The number of hydrogen-bond donors (Lipinski definition) is 1. The molecule has 6 nitrogen and oxygen atoms in total. The zero-order valence-corrected chi connectivity index (χ0v) is 18.2. The lowest BCUT2D eigenvalue weighted by molar-refractivity contribution is -0.142. The van der Waals surface area contributed by atoms with Gasteiger partial charge in [-0.25, -0.2) is 0 Å². The van der Waals surface area contributed by atoms with Gasteiger partial charge in [0.25, 0.3) is 0 Å². The highest BCUT2D eigenvalue weighted by molar-refractivity contribution is 7.15. The average molecular weight is 429 g/mol. The molecule has 1 N–H and O–H groups in total. The SMILES string of the molecule is CC[C@@H](C(=O)O)[C@@H]1N=C(c2ccc(Cl)cc2)c2c(sc(C)c2C)-n2c(C)nnc21. The van der Waals surface area contributed by atoms with Crippen molar-refractivity contribution in [3.05, 3.63) is 62.5 Å². The quantitative estimate of drug-likeness (QED) is 0.640. The Bertz CT molecular complexity index is 1130. The summed E-state index contributed by atoms with van der Waals surface area (Å²) in [6, 6.07) is 6.87. The van der Waals surface area contributed by atoms with Crippen molar-refractivity contribution in [2.24, 2.45) is 10.9 Å². The lowest BCUT2D eigenvalue weighted by atomic mass is 9.95. The molecule has 3 heterocycles. The number of hydrogen-bond acceptors (Lipinski definition) is 5. The summed E-state index contributed by atoms with van der Waals surface area (Å²) in [6.45, 7) is 7.90. The van der Waals surface area contributed by atoms with Gasteiger partial charge >= 0.3 is 5.97 Å². The van der Waals surface area contributed by atoms with E-state index in [0.717, 1.165) is 33.2 Å². The summed E-state index contributed by atoms with van der Waals surface area (Å²) >= 11 is 7.75. The van der Waals surface area contributed by atoms with Crippen LogP contribution in [0.5, 0.6) is 0 Å². The molecule has 0 radical (unpaired) electrons. The minimum atomic E-state index is -0.887. The number of aliphatic carboxylic acids is 1. The number of thiophene rings is 1. The van der Waals surface area contributed by atoms with Crippen LogP contribution in [0.4, 0.5) is 0 Å². The molecule has 1 aliphatic heterocycles. The van der Waals surface area contributed by atoms with Crippen LogP contribution < -0.4 is 0 Å². The van der Waals surface area contributed by atoms with Gasteiger partial charge in [0.15, 0.2) is 5.82 Å². The number of nitrogens with zero attached hydrogens (tertiary/aromatic N) is 4. The van der Waals surface area contributed by atoms with Crippen molar-refractivity contribution >= 4 is 34.6 Å². The highest BCUT2D eigenvalue weighted by atomic mass is 35.5. The van der Waals surface area contributed by atoms with E-state index in [-0.39, 0.29) is 0 Å². The number of carboxylic acid groups (broad SMARTS) is 1. The number of halogens is 1. The number of carboxylic acids is 1. The van der Waals surface area contributed by atoms with E-state index in [1.807, 2.05) is 42.7 Å². The molecule has 0 bridgehead atoms. The minimum absolute atomic E-state index is 0.439. The standard InChI is InChI=1S/C21H21ClN4O2S/c1-5-15(21(27)28)18-19-25-24-12(4)26(19)20-16(10(2)11(3)29-20)17(23-18)13-6-8-14(22)9-7-13/h6-9,15,18H,5H2,1-4H3,(H,27,28)/t15-,18+/m1/s1. The van der Waals surface area contributed by atoms with E-state index in [1.54, 1.807) is 11.3 Å². The number of carbonyl (C=O) groups is 1. The molecule has 2 aromatic heterocycles. The molecule has 0 saturated heterocycles. The molecule has 0 amide bonds. The molecule has 3 aromatic rings. The topological polar surface area (TPSA) is 80.4 Å². The Morgan fingerprint density at radius 1 is 1.24 bits per heavy atom. The van der Waals surface area contributed by atoms with Crippen LogP contribution in [0.1, 0.15) is 52.6 Å². The van der Waals surface area contributed by atoms with Gasteiger partial charge in [0, 0.05) is 21.0 Å². The fraction of sp³-hybridized carbons (Fsp3) is 0.333. The first kappa shape index (κ1) is 19.8. The van der Waals surface area contributed by atoms with Crippen LogP contribution in [-0.2, 0) is 4.79 Å². The van der Waals surface area contributed by atoms with E-state index in [0.29, 0.717) is 17.3 Å². The maximum Gasteiger partial charge on any atom is 0.309 e. The summed E-state index contributed by atoms with van der Waals surface area (Å²) in [4.78, 5) is 18.2. The van der Waals surface area contributed by atoms with Gasteiger partial charge in [-0.15, -0.1) is 21.5 Å². The smallest absolute Gasteiger partial charge is 0.309 e. The third-order valence-electron chi connectivity index (χ3n) is 5.45. The molecule has 8 heteroatoms. The summed E-state index contributed by atoms with van der Waals surface area (Å²) in [5.41, 5.74) is 3.80. The van der Waals surface area contributed by atoms with Crippen LogP contribution in [0.3, 0.4) is 0 Å². The molecule has 0 fully saturated rings. The van der Waals surface area contributed by atoms with Crippen molar-refractivity contribution in [3.8, 4) is 5.00 Å². The summed E-state index contributed by atoms with van der Waals surface area (Å²) in [5, 5.41) is 20.1. The van der Waals surface area contributed by atoms with Crippen molar-refractivity contribution in [3.63, 3.8) is 0 Å². The molecule has 29 heavy (non-hydrogen) atoms. The molecular formula is C21H21ClN4O2S. The highest BCUT2D eigenvalue weighted by Gasteiger charge is 2.37. The number of benzene rings is 1. The van der Waals surface area contributed by atoms with Gasteiger partial charge < -0.3 is 5.11 Å². The zero-order valence-electron chi connectivity index (χ0n) is 16.6. The molecule has 150 valence electrons. The minimum Gasteiger partial charge on any atom is -0.481 e. The predicted molar refractivity (Wildman–Crippen MR) is 115 cm³/mol. The zero-order chi connectivity index (χ0) is 20.9. The molecule has 4 rings (SSSR count). The Morgan fingerprint density at radius 2 is 1.93 bits per heavy atom. The second-order valence-electron chi connectivity index (χ2n) is 7.19. The molecule has 0 unspecified atom stereocenters. The number of aromatic nitrogens is 3. The van der Waals surface area contributed by atoms with E-state index in [4.69, 9.17) is 16.6 Å². The van der Waals surface area contributed by atoms with E-state index >= 15 is 0 Å². The maximum absolute atomic E-state index is 12.0. The van der Waals surface area contributed by atoms with Crippen molar-refractivity contribution in [2.45, 2.75) is 40.2 Å². The first-order valence-corrected chi connectivity index (χ1v) is 10.6. The maximum atomic E-state index is 12.0. The Kier molecular flexibility index (Phi) is 5.04. The van der Waals surface area contributed by atoms with Crippen LogP contribution in [0.2, 0.25) is 5.02 Å². The van der Waals surface area contributed by atoms with Gasteiger partial charge in [-0.3, -0.25) is 14.4 Å². The fourth-order valence-electron chi connectivity index (χ4n) is 3.76. The van der Waals surface area contributed by atoms with Gasteiger partial charge in [0.1, 0.15) is 16.9 Å². The first-order chi connectivity index (χ1) is 13.8. The van der Waals surface area contributed by atoms with Crippen molar-refractivity contribution in [2.75, 3.05) is 0 Å². The highest BCUT2D eigenvalue weighted by Crippen LogP contribution is 2.41. The summed E-state index contributed by atoms with van der Waals surface area (Å²) in [7, 11) is 0. The number of aliphatic imine (C=N–C) groups is 1. The fourth-order valence-corrected chi connectivity index (χ4v) is 5.10. The van der Waals surface area contributed by atoms with Crippen LogP contribution in [0.25, 0.3) is 5.00 Å². The molecule has 0 spiro atoms. The van der Waals surface area contributed by atoms with Gasteiger partial charge in [0.2, 0.25) is 0 Å². The Morgan fingerprint density at radius 3 is 2.55 bits per heavy atom. The Balaban J connectivity index is 2.07. The number of rotatable bonds is 4.